The van der Waals surface area contributed by atoms with Crippen molar-refractivity contribution in [2.45, 2.75) is 18.9 Å². The first kappa shape index (κ1) is 12.8. The molecule has 1 fully saturated rings. The molecule has 7 nitrogen and oxygen atoms in total. The zero-order valence-electron chi connectivity index (χ0n) is 11.6. The van der Waals surface area contributed by atoms with Gasteiger partial charge < -0.3 is 9.73 Å². The predicted octanol–water partition coefficient (Wildman–Crippen LogP) is 2.52. The molecule has 4 rings (SSSR count). The fraction of sp³-hybridized carbons (Fsp3) is 0.200. The number of hydrogen-bond acceptors (Lipinski definition) is 5. The van der Waals surface area contributed by atoms with E-state index in [0.717, 1.165) is 24.2 Å². The number of benzene rings is 1. The second-order valence-corrected chi connectivity index (χ2v) is 5.19. The Morgan fingerprint density at radius 1 is 1.23 bits per heavy atom. The molecule has 2 heterocycles. The molecule has 0 atom stereocenters. The Bertz CT molecular complexity index is 788. The first-order chi connectivity index (χ1) is 10.8. The molecule has 0 aliphatic heterocycles. The maximum Gasteiger partial charge on any atom is 0.291 e. The summed E-state index contributed by atoms with van der Waals surface area (Å²) in [6.45, 7) is 0. The van der Waals surface area contributed by atoms with Crippen LogP contribution in [0.15, 0.2) is 47.1 Å². The van der Waals surface area contributed by atoms with Crippen LogP contribution in [-0.4, -0.2) is 26.1 Å². The van der Waals surface area contributed by atoms with Crippen LogP contribution in [0.25, 0.3) is 11.4 Å². The Morgan fingerprint density at radius 3 is 2.73 bits per heavy atom. The molecule has 1 aliphatic carbocycles. The molecule has 1 aliphatic rings. The second-order valence-electron chi connectivity index (χ2n) is 5.19. The number of aromatic nitrogens is 4. The molecule has 0 spiro atoms. The average molecular weight is 295 g/mol. The van der Waals surface area contributed by atoms with E-state index >= 15 is 0 Å². The number of hydrogen-bond donors (Lipinski definition) is 1. The van der Waals surface area contributed by atoms with Gasteiger partial charge in [0.15, 0.2) is 11.6 Å². The van der Waals surface area contributed by atoms with Gasteiger partial charge in [-0.3, -0.25) is 4.79 Å². The SMILES string of the molecule is O=C(Nc1ccc(-c2nnnn2C2CC2)cc1)c1ccco1. The van der Waals surface area contributed by atoms with Crippen molar-refractivity contribution in [1.29, 1.82) is 0 Å². The van der Waals surface area contributed by atoms with Gasteiger partial charge in [0, 0.05) is 11.3 Å². The summed E-state index contributed by atoms with van der Waals surface area (Å²) in [5, 5.41) is 14.6. The molecule has 1 N–H and O–H groups in total. The lowest BCUT2D eigenvalue weighted by Crippen LogP contribution is -2.10. The van der Waals surface area contributed by atoms with E-state index in [1.165, 1.54) is 6.26 Å². The minimum absolute atomic E-state index is 0.277. The van der Waals surface area contributed by atoms with Crippen LogP contribution in [0.2, 0.25) is 0 Å². The molecule has 110 valence electrons. The van der Waals surface area contributed by atoms with Crippen molar-refractivity contribution in [3.8, 4) is 11.4 Å². The Kier molecular flexibility index (Phi) is 2.96. The predicted molar refractivity (Wildman–Crippen MR) is 78.2 cm³/mol. The van der Waals surface area contributed by atoms with Gasteiger partial charge in [-0.05, 0) is 59.7 Å². The number of nitrogens with one attached hydrogen (secondary N) is 1. The van der Waals surface area contributed by atoms with Crippen LogP contribution < -0.4 is 5.32 Å². The lowest BCUT2D eigenvalue weighted by atomic mass is 10.2. The van der Waals surface area contributed by atoms with Gasteiger partial charge in [-0.15, -0.1) is 5.10 Å². The van der Waals surface area contributed by atoms with Crippen LogP contribution in [0, 0.1) is 0 Å². The normalized spacial score (nSPS) is 14.0. The molecular formula is C15H13N5O2. The number of nitrogens with zero attached hydrogens (tertiary/aromatic N) is 4. The van der Waals surface area contributed by atoms with Crippen LogP contribution in [0.5, 0.6) is 0 Å². The molecule has 7 heteroatoms. The van der Waals surface area contributed by atoms with Gasteiger partial charge in [0.2, 0.25) is 0 Å². The highest BCUT2D eigenvalue weighted by molar-refractivity contribution is 6.02. The van der Waals surface area contributed by atoms with Crippen LogP contribution in [-0.2, 0) is 0 Å². The van der Waals surface area contributed by atoms with Crippen molar-refractivity contribution < 1.29 is 9.21 Å². The summed E-state index contributed by atoms with van der Waals surface area (Å²) >= 11 is 0. The molecule has 0 saturated heterocycles. The first-order valence-corrected chi connectivity index (χ1v) is 7.04. The largest absolute Gasteiger partial charge is 0.459 e. The standard InChI is InChI=1S/C15H13N5O2/c21-15(13-2-1-9-22-13)16-11-5-3-10(4-6-11)14-17-18-19-20(14)12-7-8-12/h1-6,9,12H,7-8H2,(H,16,21). The van der Waals surface area contributed by atoms with Gasteiger partial charge in [0.05, 0.1) is 12.3 Å². The second kappa shape index (κ2) is 5.10. The Balaban J connectivity index is 1.53. The fourth-order valence-electron chi connectivity index (χ4n) is 2.25. The van der Waals surface area contributed by atoms with Gasteiger partial charge in [0.25, 0.3) is 5.91 Å². The fourth-order valence-corrected chi connectivity index (χ4v) is 2.25. The monoisotopic (exact) mass is 295 g/mol. The molecule has 2 aromatic heterocycles. The smallest absolute Gasteiger partial charge is 0.291 e. The van der Waals surface area contributed by atoms with Crippen molar-refractivity contribution in [2.75, 3.05) is 5.32 Å². The van der Waals surface area contributed by atoms with Gasteiger partial charge in [0.1, 0.15) is 0 Å². The van der Waals surface area contributed by atoms with Crippen molar-refractivity contribution in [1.82, 2.24) is 20.2 Å². The number of carbonyl (C=O) groups is 1. The Morgan fingerprint density at radius 2 is 2.05 bits per heavy atom. The van der Waals surface area contributed by atoms with Crippen molar-refractivity contribution in [3.63, 3.8) is 0 Å². The van der Waals surface area contributed by atoms with E-state index in [1.54, 1.807) is 12.1 Å². The molecule has 3 aromatic rings. The summed E-state index contributed by atoms with van der Waals surface area (Å²) in [5.41, 5.74) is 1.61. The lowest BCUT2D eigenvalue weighted by Gasteiger charge is -2.05. The van der Waals surface area contributed by atoms with E-state index < -0.39 is 0 Å². The summed E-state index contributed by atoms with van der Waals surface area (Å²) in [5.74, 6) is 0.758. The van der Waals surface area contributed by atoms with Crippen molar-refractivity contribution in [3.05, 3.63) is 48.4 Å². The quantitative estimate of drug-likeness (QED) is 0.799. The maximum atomic E-state index is 11.9. The third-order valence-electron chi connectivity index (χ3n) is 3.53. The van der Waals surface area contributed by atoms with E-state index in [0.29, 0.717) is 11.7 Å². The summed E-state index contributed by atoms with van der Waals surface area (Å²) in [6, 6.07) is 11.1. The average Bonchev–Trinajstić information content (AvgIpc) is 3.05. The van der Waals surface area contributed by atoms with E-state index in [-0.39, 0.29) is 11.7 Å². The highest BCUT2D eigenvalue weighted by Gasteiger charge is 2.28. The zero-order chi connectivity index (χ0) is 14.9. The molecule has 1 amide bonds. The highest BCUT2D eigenvalue weighted by atomic mass is 16.3. The van der Waals surface area contributed by atoms with Crippen LogP contribution >= 0.6 is 0 Å². The number of amides is 1. The summed E-state index contributed by atoms with van der Waals surface area (Å²) in [6.07, 6.45) is 3.71. The van der Waals surface area contributed by atoms with E-state index in [1.807, 2.05) is 28.9 Å². The molecule has 22 heavy (non-hydrogen) atoms. The molecular weight excluding hydrogens is 282 g/mol. The highest BCUT2D eigenvalue weighted by Crippen LogP contribution is 2.36. The number of rotatable bonds is 4. The van der Waals surface area contributed by atoms with Crippen molar-refractivity contribution in [2.24, 2.45) is 0 Å². The minimum Gasteiger partial charge on any atom is -0.459 e. The first-order valence-electron chi connectivity index (χ1n) is 7.04. The van der Waals surface area contributed by atoms with Gasteiger partial charge in [-0.2, -0.15) is 0 Å². The zero-order valence-corrected chi connectivity index (χ0v) is 11.6. The number of anilines is 1. The van der Waals surface area contributed by atoms with Crippen LogP contribution in [0.4, 0.5) is 5.69 Å². The third kappa shape index (κ3) is 2.37. The van der Waals surface area contributed by atoms with E-state index in [9.17, 15) is 4.79 Å². The van der Waals surface area contributed by atoms with E-state index in [2.05, 4.69) is 20.8 Å². The molecule has 1 aromatic carbocycles. The molecule has 1 saturated carbocycles. The summed E-state index contributed by atoms with van der Waals surface area (Å²) < 4.78 is 6.91. The van der Waals surface area contributed by atoms with Crippen LogP contribution in [0.1, 0.15) is 29.4 Å². The molecule has 0 unspecified atom stereocenters. The number of furan rings is 1. The van der Waals surface area contributed by atoms with E-state index in [4.69, 9.17) is 4.42 Å². The summed E-state index contributed by atoms with van der Waals surface area (Å²) in [7, 11) is 0. The molecule has 0 radical (unpaired) electrons. The topological polar surface area (TPSA) is 85.8 Å². The summed E-state index contributed by atoms with van der Waals surface area (Å²) in [4.78, 5) is 11.9. The van der Waals surface area contributed by atoms with Crippen LogP contribution in [0.3, 0.4) is 0 Å². The number of carbonyl (C=O) groups excluding carboxylic acids is 1. The minimum atomic E-state index is -0.277. The van der Waals surface area contributed by atoms with Gasteiger partial charge >= 0.3 is 0 Å². The van der Waals surface area contributed by atoms with Crippen molar-refractivity contribution >= 4 is 11.6 Å². The van der Waals surface area contributed by atoms with Gasteiger partial charge in [-0.25, -0.2) is 4.68 Å². The maximum absolute atomic E-state index is 11.9. The Hall–Kier alpha value is -2.96. The lowest BCUT2D eigenvalue weighted by molar-refractivity contribution is 0.0996. The number of tetrazole rings is 1. The van der Waals surface area contributed by atoms with Gasteiger partial charge in [-0.1, -0.05) is 0 Å². The molecule has 0 bridgehead atoms. The third-order valence-corrected chi connectivity index (χ3v) is 3.53. The Labute approximate surface area is 125 Å².